The molecule has 10 heteroatoms. The number of alkyl carbamates (subject to hydrolysis) is 1. The molecular formula is C30H48ClN3O6. The minimum absolute atomic E-state index is 0. The van der Waals surface area contributed by atoms with Crippen molar-refractivity contribution in [2.24, 2.45) is 0 Å². The van der Waals surface area contributed by atoms with E-state index in [1.807, 2.05) is 6.07 Å². The summed E-state index contributed by atoms with van der Waals surface area (Å²) >= 11 is 0. The maximum absolute atomic E-state index is 12.4. The number of esters is 1. The number of rotatable bonds is 14. The Labute approximate surface area is 245 Å². The molecule has 0 saturated carbocycles. The maximum Gasteiger partial charge on any atom is 0.407 e. The van der Waals surface area contributed by atoms with Crippen LogP contribution in [0.5, 0.6) is 11.5 Å². The van der Waals surface area contributed by atoms with Crippen molar-refractivity contribution in [2.45, 2.75) is 95.3 Å². The zero-order valence-electron chi connectivity index (χ0n) is 24.2. The molecule has 0 radical (unpaired) electrons. The van der Waals surface area contributed by atoms with Crippen LogP contribution in [0.1, 0.15) is 99.1 Å². The standard InChI is InChI=1S/C30H47N3O6.ClH/c1-36-24-20-25-26(39-29(34)28(25)27(21-24)37-2)10-8-6-4-3-5-7-9-17-33-18-13-22(14-19-33)32-30(35)38-23-11-15-31-16-12-23;/h20-23,26,31H,3-19H2,1-2H3,(H,32,35);1H/t26-;/m1./s1. The summed E-state index contributed by atoms with van der Waals surface area (Å²) in [5.74, 6) is 0.901. The van der Waals surface area contributed by atoms with E-state index < -0.39 is 0 Å². The van der Waals surface area contributed by atoms with Gasteiger partial charge >= 0.3 is 12.1 Å². The van der Waals surface area contributed by atoms with Gasteiger partial charge in [0.15, 0.2) is 0 Å². The summed E-state index contributed by atoms with van der Waals surface area (Å²) in [5.41, 5.74) is 1.42. The fourth-order valence-electron chi connectivity index (χ4n) is 5.94. The average Bonchev–Trinajstić information content (AvgIpc) is 3.27. The van der Waals surface area contributed by atoms with Gasteiger partial charge in [-0.3, -0.25) is 0 Å². The first-order chi connectivity index (χ1) is 19.1. The Kier molecular flexibility index (Phi) is 13.6. The Morgan fingerprint density at radius 2 is 1.65 bits per heavy atom. The third kappa shape index (κ3) is 9.42. The van der Waals surface area contributed by atoms with Crippen molar-refractivity contribution in [2.75, 3.05) is 46.9 Å². The van der Waals surface area contributed by atoms with Crippen LogP contribution in [0.2, 0.25) is 0 Å². The minimum Gasteiger partial charge on any atom is -0.497 e. The third-order valence-corrected chi connectivity index (χ3v) is 8.27. The van der Waals surface area contributed by atoms with Crippen LogP contribution in [0.25, 0.3) is 0 Å². The second kappa shape index (κ2) is 16.9. The molecule has 3 aliphatic rings. The second-order valence-corrected chi connectivity index (χ2v) is 11.1. The van der Waals surface area contributed by atoms with Crippen molar-refractivity contribution >= 4 is 24.5 Å². The van der Waals surface area contributed by atoms with E-state index in [2.05, 4.69) is 15.5 Å². The van der Waals surface area contributed by atoms with Crippen LogP contribution in [-0.4, -0.2) is 76.1 Å². The number of nitrogens with one attached hydrogen (secondary N) is 2. The SMILES string of the molecule is COc1cc(OC)c2c(c1)[C@@H](CCCCCCCCCN1CCC(NC(=O)OC3CCNCC3)CC1)OC2=O.Cl. The molecule has 3 heterocycles. The van der Waals surface area contributed by atoms with Crippen LogP contribution in [0, 0.1) is 0 Å². The maximum atomic E-state index is 12.4. The molecule has 2 saturated heterocycles. The monoisotopic (exact) mass is 581 g/mol. The number of piperidine rings is 2. The molecule has 0 unspecified atom stereocenters. The molecule has 0 bridgehead atoms. The highest BCUT2D eigenvalue weighted by atomic mass is 35.5. The van der Waals surface area contributed by atoms with Gasteiger partial charge in [0.25, 0.3) is 0 Å². The smallest absolute Gasteiger partial charge is 0.407 e. The van der Waals surface area contributed by atoms with E-state index in [9.17, 15) is 9.59 Å². The summed E-state index contributed by atoms with van der Waals surface area (Å²) in [6.07, 6.45) is 12.6. The molecule has 2 N–H and O–H groups in total. The number of halogens is 1. The predicted molar refractivity (Wildman–Crippen MR) is 157 cm³/mol. The number of likely N-dealkylation sites (tertiary alicyclic amines) is 1. The molecule has 1 amide bonds. The van der Waals surface area contributed by atoms with Gasteiger partial charge < -0.3 is 34.5 Å². The van der Waals surface area contributed by atoms with E-state index in [-0.39, 0.29) is 42.7 Å². The summed E-state index contributed by atoms with van der Waals surface area (Å²) in [6.45, 7) is 5.09. The number of nitrogens with zero attached hydrogens (tertiary/aromatic N) is 1. The lowest BCUT2D eigenvalue weighted by atomic mass is 9.98. The number of hydrogen-bond donors (Lipinski definition) is 2. The summed E-state index contributed by atoms with van der Waals surface area (Å²) in [6, 6.07) is 3.87. The van der Waals surface area contributed by atoms with Gasteiger partial charge in [-0.05, 0) is 70.6 Å². The number of hydrogen-bond acceptors (Lipinski definition) is 8. The molecule has 3 aliphatic heterocycles. The van der Waals surface area contributed by atoms with E-state index in [0.717, 1.165) is 83.2 Å². The predicted octanol–water partition coefficient (Wildman–Crippen LogP) is 5.40. The Morgan fingerprint density at radius 1 is 0.975 bits per heavy atom. The minimum atomic E-state index is -0.301. The van der Waals surface area contributed by atoms with Crippen molar-refractivity contribution in [3.05, 3.63) is 23.3 Å². The Hall–Kier alpha value is -2.23. The number of unbranched alkanes of at least 4 members (excludes halogenated alkanes) is 6. The first-order valence-electron chi connectivity index (χ1n) is 14.9. The van der Waals surface area contributed by atoms with Crippen LogP contribution in [0.4, 0.5) is 4.79 Å². The number of carbonyl (C=O) groups excluding carboxylic acids is 2. The summed E-state index contributed by atoms with van der Waals surface area (Å²) in [4.78, 5) is 27.1. The third-order valence-electron chi connectivity index (χ3n) is 8.27. The quantitative estimate of drug-likeness (QED) is 0.223. The first kappa shape index (κ1) is 32.3. The van der Waals surface area contributed by atoms with Gasteiger partial charge in [-0.1, -0.05) is 32.1 Å². The molecule has 40 heavy (non-hydrogen) atoms. The molecule has 9 nitrogen and oxygen atoms in total. The molecule has 4 rings (SSSR count). The van der Waals surface area contributed by atoms with E-state index in [1.165, 1.54) is 32.1 Å². The van der Waals surface area contributed by atoms with Gasteiger partial charge in [0, 0.05) is 30.8 Å². The molecule has 0 aliphatic carbocycles. The van der Waals surface area contributed by atoms with Crippen molar-refractivity contribution in [1.29, 1.82) is 0 Å². The second-order valence-electron chi connectivity index (χ2n) is 11.1. The van der Waals surface area contributed by atoms with Crippen molar-refractivity contribution < 1.29 is 28.5 Å². The molecular weight excluding hydrogens is 534 g/mol. The highest BCUT2D eigenvalue weighted by Crippen LogP contribution is 2.41. The van der Waals surface area contributed by atoms with Gasteiger partial charge in [-0.15, -0.1) is 12.4 Å². The van der Waals surface area contributed by atoms with Crippen molar-refractivity contribution in [1.82, 2.24) is 15.5 Å². The Bertz CT molecular complexity index is 934. The van der Waals surface area contributed by atoms with E-state index in [1.54, 1.807) is 20.3 Å². The number of fused-ring (bicyclic) bond motifs is 1. The number of ether oxygens (including phenoxy) is 4. The topological polar surface area (TPSA) is 98.4 Å². The van der Waals surface area contributed by atoms with E-state index in [0.29, 0.717) is 17.1 Å². The zero-order chi connectivity index (χ0) is 27.5. The number of carbonyl (C=O) groups is 2. The lowest BCUT2D eigenvalue weighted by Crippen LogP contribution is -2.46. The molecule has 1 aromatic rings. The van der Waals surface area contributed by atoms with Gasteiger partial charge in [0.2, 0.25) is 0 Å². The number of amides is 1. The number of benzene rings is 1. The summed E-state index contributed by atoms with van der Waals surface area (Å²) in [5, 5.41) is 6.37. The number of methoxy groups -OCH3 is 2. The summed E-state index contributed by atoms with van der Waals surface area (Å²) < 4.78 is 22.0. The van der Waals surface area contributed by atoms with Crippen LogP contribution in [0.3, 0.4) is 0 Å². The van der Waals surface area contributed by atoms with Gasteiger partial charge in [0.1, 0.15) is 29.3 Å². The average molecular weight is 582 g/mol. The normalized spacial score (nSPS) is 19.9. The fraction of sp³-hybridized carbons (Fsp3) is 0.733. The Balaban J connectivity index is 0.00000441. The molecule has 1 atom stereocenters. The largest absolute Gasteiger partial charge is 0.497 e. The highest BCUT2D eigenvalue weighted by molar-refractivity contribution is 5.97. The van der Waals surface area contributed by atoms with Crippen LogP contribution >= 0.6 is 12.4 Å². The van der Waals surface area contributed by atoms with Gasteiger partial charge in [-0.2, -0.15) is 0 Å². The zero-order valence-corrected chi connectivity index (χ0v) is 25.0. The molecule has 226 valence electrons. The number of cyclic esters (lactones) is 1. The van der Waals surface area contributed by atoms with Gasteiger partial charge in [0.05, 0.1) is 14.2 Å². The van der Waals surface area contributed by atoms with Crippen molar-refractivity contribution in [3.63, 3.8) is 0 Å². The molecule has 2 fully saturated rings. The van der Waals surface area contributed by atoms with Crippen LogP contribution in [-0.2, 0) is 9.47 Å². The van der Waals surface area contributed by atoms with Crippen molar-refractivity contribution in [3.8, 4) is 11.5 Å². The Morgan fingerprint density at radius 3 is 2.33 bits per heavy atom. The summed E-state index contributed by atoms with van der Waals surface area (Å²) in [7, 11) is 3.18. The lowest BCUT2D eigenvalue weighted by Gasteiger charge is -2.32. The highest BCUT2D eigenvalue weighted by Gasteiger charge is 2.34. The first-order valence-corrected chi connectivity index (χ1v) is 14.9. The van der Waals surface area contributed by atoms with Crippen LogP contribution in [0.15, 0.2) is 12.1 Å². The lowest BCUT2D eigenvalue weighted by molar-refractivity contribution is 0.0361. The molecule has 0 spiro atoms. The molecule has 1 aromatic carbocycles. The van der Waals surface area contributed by atoms with Gasteiger partial charge in [-0.25, -0.2) is 9.59 Å². The van der Waals surface area contributed by atoms with Crippen LogP contribution < -0.4 is 20.1 Å². The fourth-order valence-corrected chi connectivity index (χ4v) is 5.94. The van der Waals surface area contributed by atoms with E-state index >= 15 is 0 Å². The van der Waals surface area contributed by atoms with E-state index in [4.69, 9.17) is 18.9 Å². The molecule has 0 aromatic heterocycles.